The van der Waals surface area contributed by atoms with Gasteiger partial charge in [0.25, 0.3) is 5.91 Å². The Labute approximate surface area is 186 Å². The number of benzene rings is 4. The van der Waals surface area contributed by atoms with Gasteiger partial charge < -0.3 is 9.73 Å². The van der Waals surface area contributed by atoms with E-state index in [4.69, 9.17) is 4.42 Å². The van der Waals surface area contributed by atoms with Gasteiger partial charge in [-0.15, -0.1) is 0 Å². The zero-order valence-corrected chi connectivity index (χ0v) is 18.1. The molecule has 0 spiro atoms. The van der Waals surface area contributed by atoms with Gasteiger partial charge in [-0.05, 0) is 77.2 Å². The molecule has 0 saturated carbocycles. The molecular formula is C28H24N2O2. The van der Waals surface area contributed by atoms with Crippen LogP contribution >= 0.6 is 0 Å². The molecular weight excluding hydrogens is 396 g/mol. The predicted octanol–water partition coefficient (Wildman–Crippen LogP) is 7.41. The number of nitrogens with one attached hydrogen (secondary N) is 1. The van der Waals surface area contributed by atoms with Crippen LogP contribution in [0.1, 0.15) is 42.1 Å². The third-order valence-electron chi connectivity index (χ3n) is 5.99. The number of carbonyl (C=O) groups excluding carboxylic acids is 1. The van der Waals surface area contributed by atoms with Crippen LogP contribution in [0.15, 0.2) is 89.3 Å². The number of oxazole rings is 1. The van der Waals surface area contributed by atoms with Crippen LogP contribution in [0.2, 0.25) is 0 Å². The van der Waals surface area contributed by atoms with Crippen LogP contribution in [-0.2, 0) is 0 Å². The normalized spacial score (nSPS) is 12.2. The highest BCUT2D eigenvalue weighted by Gasteiger charge is 2.12. The van der Waals surface area contributed by atoms with E-state index in [1.807, 2.05) is 72.8 Å². The summed E-state index contributed by atoms with van der Waals surface area (Å²) in [5.74, 6) is 0.932. The van der Waals surface area contributed by atoms with Gasteiger partial charge in [0.2, 0.25) is 5.89 Å². The molecule has 4 heteroatoms. The molecule has 4 aromatic carbocycles. The van der Waals surface area contributed by atoms with Gasteiger partial charge in [-0.2, -0.15) is 0 Å². The van der Waals surface area contributed by atoms with Gasteiger partial charge in [0.15, 0.2) is 5.58 Å². The van der Waals surface area contributed by atoms with E-state index in [0.29, 0.717) is 17.4 Å². The second kappa shape index (κ2) is 8.31. The van der Waals surface area contributed by atoms with Gasteiger partial charge in [-0.25, -0.2) is 4.98 Å². The molecule has 0 aliphatic heterocycles. The van der Waals surface area contributed by atoms with E-state index in [-0.39, 0.29) is 5.91 Å². The average molecular weight is 421 g/mol. The maximum absolute atomic E-state index is 12.7. The summed E-state index contributed by atoms with van der Waals surface area (Å²) in [6.45, 7) is 4.40. The van der Waals surface area contributed by atoms with Crippen LogP contribution in [0.4, 0.5) is 5.69 Å². The van der Waals surface area contributed by atoms with E-state index in [9.17, 15) is 4.79 Å². The molecule has 4 nitrogen and oxygen atoms in total. The maximum atomic E-state index is 12.7. The highest BCUT2D eigenvalue weighted by Crippen LogP contribution is 2.28. The lowest BCUT2D eigenvalue weighted by atomic mass is 9.98. The second-order valence-corrected chi connectivity index (χ2v) is 8.15. The molecule has 0 unspecified atom stereocenters. The summed E-state index contributed by atoms with van der Waals surface area (Å²) in [5.41, 5.74) is 5.14. The molecule has 1 aromatic heterocycles. The number of nitrogens with zero attached hydrogens (tertiary/aromatic N) is 1. The quantitative estimate of drug-likeness (QED) is 0.322. The van der Waals surface area contributed by atoms with Crippen LogP contribution in [0.3, 0.4) is 0 Å². The summed E-state index contributed by atoms with van der Waals surface area (Å²) in [6, 6.07) is 27.5. The number of amides is 1. The van der Waals surface area contributed by atoms with Crippen molar-refractivity contribution >= 4 is 33.5 Å². The summed E-state index contributed by atoms with van der Waals surface area (Å²) in [5, 5.41) is 5.12. The number of carbonyl (C=O) groups is 1. The Hall–Kier alpha value is -3.92. The van der Waals surface area contributed by atoms with Gasteiger partial charge in [-0.1, -0.05) is 50.2 Å². The number of hydrogen-bond acceptors (Lipinski definition) is 3. The van der Waals surface area contributed by atoms with Gasteiger partial charge in [0.05, 0.1) is 0 Å². The Morgan fingerprint density at radius 3 is 2.50 bits per heavy atom. The van der Waals surface area contributed by atoms with E-state index in [0.717, 1.165) is 39.5 Å². The first kappa shape index (κ1) is 20.0. The Kier molecular flexibility index (Phi) is 5.20. The number of hydrogen-bond donors (Lipinski definition) is 1. The molecule has 0 aliphatic rings. The third-order valence-corrected chi connectivity index (χ3v) is 5.99. The van der Waals surface area contributed by atoms with E-state index < -0.39 is 0 Å². The van der Waals surface area contributed by atoms with Crippen LogP contribution in [-0.4, -0.2) is 10.9 Å². The molecule has 32 heavy (non-hydrogen) atoms. The first-order valence-corrected chi connectivity index (χ1v) is 10.9. The molecule has 0 bridgehead atoms. The highest BCUT2D eigenvalue weighted by atomic mass is 16.3. The minimum atomic E-state index is -0.136. The van der Waals surface area contributed by atoms with Crippen molar-refractivity contribution in [1.29, 1.82) is 0 Å². The number of rotatable bonds is 5. The van der Waals surface area contributed by atoms with Crippen LogP contribution in [0.25, 0.3) is 33.3 Å². The maximum Gasteiger partial charge on any atom is 0.255 e. The molecule has 5 rings (SSSR count). The fraction of sp³-hybridized carbons (Fsp3) is 0.143. The first-order valence-electron chi connectivity index (χ1n) is 10.9. The van der Waals surface area contributed by atoms with Crippen molar-refractivity contribution in [1.82, 2.24) is 4.98 Å². The standard InChI is InChI=1S/C28H24N2O2/c1-3-18(2)21-12-15-26-25(17-21)30-28(32-26)20-10-13-24(14-11-20)29-27(31)23-9-8-19-6-4-5-7-22(19)16-23/h4-18H,3H2,1-2H3,(H,29,31)/t18-/m0/s1. The molecule has 0 radical (unpaired) electrons. The van der Waals surface area contributed by atoms with Crippen molar-refractivity contribution in [3.63, 3.8) is 0 Å². The number of aromatic nitrogens is 1. The summed E-state index contributed by atoms with van der Waals surface area (Å²) < 4.78 is 5.96. The van der Waals surface area contributed by atoms with Crippen molar-refractivity contribution in [3.8, 4) is 11.5 Å². The second-order valence-electron chi connectivity index (χ2n) is 8.15. The van der Waals surface area contributed by atoms with E-state index in [1.54, 1.807) is 0 Å². The minimum Gasteiger partial charge on any atom is -0.436 e. The SMILES string of the molecule is CC[C@H](C)c1ccc2oc(-c3ccc(NC(=O)c4ccc5ccccc5c4)cc3)nc2c1. The molecule has 5 aromatic rings. The zero-order valence-electron chi connectivity index (χ0n) is 18.1. The molecule has 0 aliphatic carbocycles. The minimum absolute atomic E-state index is 0.136. The summed E-state index contributed by atoms with van der Waals surface area (Å²) in [6.07, 6.45) is 1.09. The van der Waals surface area contributed by atoms with E-state index in [1.165, 1.54) is 5.56 Å². The van der Waals surface area contributed by atoms with Crippen LogP contribution in [0, 0.1) is 0 Å². The summed E-state index contributed by atoms with van der Waals surface area (Å²) >= 11 is 0. The van der Waals surface area contributed by atoms with Crippen molar-refractivity contribution in [2.24, 2.45) is 0 Å². The lowest BCUT2D eigenvalue weighted by Gasteiger charge is -2.07. The largest absolute Gasteiger partial charge is 0.436 e. The summed E-state index contributed by atoms with van der Waals surface area (Å²) in [4.78, 5) is 17.4. The fourth-order valence-corrected chi connectivity index (χ4v) is 3.84. The highest BCUT2D eigenvalue weighted by molar-refractivity contribution is 6.06. The number of anilines is 1. The van der Waals surface area contributed by atoms with E-state index in [2.05, 4.69) is 36.3 Å². The number of fused-ring (bicyclic) bond motifs is 2. The van der Waals surface area contributed by atoms with E-state index >= 15 is 0 Å². The Morgan fingerprint density at radius 1 is 0.938 bits per heavy atom. The first-order chi connectivity index (χ1) is 15.6. The molecule has 158 valence electrons. The van der Waals surface area contributed by atoms with Crippen molar-refractivity contribution < 1.29 is 9.21 Å². The van der Waals surface area contributed by atoms with Crippen LogP contribution in [0.5, 0.6) is 0 Å². The average Bonchev–Trinajstić information content (AvgIpc) is 3.27. The predicted molar refractivity (Wildman–Crippen MR) is 130 cm³/mol. The van der Waals surface area contributed by atoms with Gasteiger partial charge >= 0.3 is 0 Å². The van der Waals surface area contributed by atoms with Gasteiger partial charge in [-0.3, -0.25) is 4.79 Å². The fourth-order valence-electron chi connectivity index (χ4n) is 3.84. The van der Waals surface area contributed by atoms with Gasteiger partial charge in [0, 0.05) is 16.8 Å². The topological polar surface area (TPSA) is 55.1 Å². The van der Waals surface area contributed by atoms with Crippen molar-refractivity contribution in [2.45, 2.75) is 26.2 Å². The smallest absolute Gasteiger partial charge is 0.255 e. The van der Waals surface area contributed by atoms with Gasteiger partial charge in [0.1, 0.15) is 5.52 Å². The lowest BCUT2D eigenvalue weighted by molar-refractivity contribution is 0.102. The Bertz CT molecular complexity index is 1420. The zero-order chi connectivity index (χ0) is 22.1. The Balaban J connectivity index is 1.34. The molecule has 1 N–H and O–H groups in total. The molecule has 1 amide bonds. The van der Waals surface area contributed by atoms with Crippen LogP contribution < -0.4 is 5.32 Å². The third kappa shape index (κ3) is 3.87. The molecule has 0 saturated heterocycles. The van der Waals surface area contributed by atoms with Crippen molar-refractivity contribution in [3.05, 3.63) is 96.1 Å². The molecule has 0 fully saturated rings. The lowest BCUT2D eigenvalue weighted by Crippen LogP contribution is -2.11. The summed E-state index contributed by atoms with van der Waals surface area (Å²) in [7, 11) is 0. The van der Waals surface area contributed by atoms with Crippen molar-refractivity contribution in [2.75, 3.05) is 5.32 Å². The molecule has 1 heterocycles. The molecule has 1 atom stereocenters. The Morgan fingerprint density at radius 2 is 1.72 bits per heavy atom. The monoisotopic (exact) mass is 420 g/mol.